The van der Waals surface area contributed by atoms with E-state index in [0.717, 1.165) is 70.4 Å². The Hall–Kier alpha value is -2.18. The van der Waals surface area contributed by atoms with Gasteiger partial charge < -0.3 is 14.5 Å². The molecular weight excluding hydrogens is 362 g/mol. The molecule has 6 heteroatoms. The van der Waals surface area contributed by atoms with Gasteiger partial charge in [-0.25, -0.2) is 9.97 Å². The first-order valence-corrected chi connectivity index (χ1v) is 10.8. The molecule has 2 saturated heterocycles. The molecule has 0 bridgehead atoms. The predicted octanol–water partition coefficient (Wildman–Crippen LogP) is 3.07. The van der Waals surface area contributed by atoms with Crippen molar-refractivity contribution in [2.75, 3.05) is 63.3 Å². The van der Waals surface area contributed by atoms with Crippen LogP contribution in [0, 0.1) is 6.92 Å². The summed E-state index contributed by atoms with van der Waals surface area (Å²) in [5, 5.41) is 0. The minimum atomic E-state index is 0.531. The number of nitrogens with zero attached hydrogens (tertiary/aromatic N) is 5. The van der Waals surface area contributed by atoms with Crippen LogP contribution in [-0.2, 0) is 11.3 Å². The fourth-order valence-corrected chi connectivity index (χ4v) is 4.24. The number of anilines is 2. The van der Waals surface area contributed by atoms with Crippen molar-refractivity contribution in [3.63, 3.8) is 0 Å². The third-order valence-corrected chi connectivity index (χ3v) is 6.02. The van der Waals surface area contributed by atoms with Gasteiger partial charge in [0.15, 0.2) is 0 Å². The molecule has 2 aliphatic rings. The third kappa shape index (κ3) is 5.06. The summed E-state index contributed by atoms with van der Waals surface area (Å²) in [7, 11) is 4.16. The van der Waals surface area contributed by atoms with E-state index >= 15 is 0 Å². The van der Waals surface area contributed by atoms with Gasteiger partial charge in [0.2, 0.25) is 5.95 Å². The zero-order chi connectivity index (χ0) is 20.2. The summed E-state index contributed by atoms with van der Waals surface area (Å²) in [6.07, 6.45) is 2.32. The van der Waals surface area contributed by atoms with Crippen molar-refractivity contribution in [1.29, 1.82) is 0 Å². The number of hydrogen-bond donors (Lipinski definition) is 0. The maximum atomic E-state index is 5.47. The minimum absolute atomic E-state index is 0.531. The number of hydrogen-bond acceptors (Lipinski definition) is 6. The quantitative estimate of drug-likeness (QED) is 0.775. The van der Waals surface area contributed by atoms with Crippen LogP contribution < -0.4 is 9.80 Å². The van der Waals surface area contributed by atoms with Crippen molar-refractivity contribution in [3.05, 3.63) is 47.3 Å². The highest BCUT2D eigenvalue weighted by Gasteiger charge is 2.24. The molecule has 2 aromatic rings. The highest BCUT2D eigenvalue weighted by atomic mass is 16.5. The van der Waals surface area contributed by atoms with Crippen LogP contribution in [0.4, 0.5) is 11.6 Å². The Morgan fingerprint density at radius 1 is 1.00 bits per heavy atom. The Bertz CT molecular complexity index is 793. The summed E-state index contributed by atoms with van der Waals surface area (Å²) in [6.45, 7) is 8.65. The molecule has 156 valence electrons. The van der Waals surface area contributed by atoms with E-state index in [-0.39, 0.29) is 0 Å². The molecule has 6 nitrogen and oxygen atoms in total. The van der Waals surface area contributed by atoms with Crippen LogP contribution in [0.5, 0.6) is 0 Å². The molecule has 0 amide bonds. The summed E-state index contributed by atoms with van der Waals surface area (Å²) < 4.78 is 5.47. The zero-order valence-electron chi connectivity index (χ0n) is 18.0. The molecule has 1 aromatic heterocycles. The lowest BCUT2D eigenvalue weighted by molar-refractivity contribution is 0.122. The number of likely N-dealkylation sites (tertiary alicyclic amines) is 1. The van der Waals surface area contributed by atoms with Gasteiger partial charge >= 0.3 is 0 Å². The molecule has 1 aromatic carbocycles. The van der Waals surface area contributed by atoms with Crippen LogP contribution in [0.3, 0.4) is 0 Å². The Labute approximate surface area is 174 Å². The van der Waals surface area contributed by atoms with Crippen molar-refractivity contribution in [3.8, 4) is 0 Å². The van der Waals surface area contributed by atoms with Crippen molar-refractivity contribution in [2.24, 2.45) is 0 Å². The minimum Gasteiger partial charge on any atom is -0.378 e. The van der Waals surface area contributed by atoms with Crippen molar-refractivity contribution in [2.45, 2.75) is 32.2 Å². The maximum absolute atomic E-state index is 5.47. The monoisotopic (exact) mass is 395 g/mol. The zero-order valence-corrected chi connectivity index (χ0v) is 18.0. The van der Waals surface area contributed by atoms with Crippen LogP contribution in [0.15, 0.2) is 30.3 Å². The third-order valence-electron chi connectivity index (χ3n) is 6.02. The first-order chi connectivity index (χ1) is 14.1. The molecule has 2 aliphatic heterocycles. The van der Waals surface area contributed by atoms with E-state index in [2.05, 4.69) is 71.0 Å². The van der Waals surface area contributed by atoms with Crippen molar-refractivity contribution in [1.82, 2.24) is 14.9 Å². The van der Waals surface area contributed by atoms with E-state index in [9.17, 15) is 0 Å². The summed E-state index contributed by atoms with van der Waals surface area (Å²) >= 11 is 0. The molecule has 0 spiro atoms. The van der Waals surface area contributed by atoms with E-state index in [1.165, 1.54) is 16.9 Å². The first kappa shape index (κ1) is 20.1. The van der Waals surface area contributed by atoms with Gasteiger partial charge in [0.1, 0.15) is 0 Å². The van der Waals surface area contributed by atoms with E-state index < -0.39 is 0 Å². The number of piperidine rings is 1. The molecule has 0 atom stereocenters. The number of morpholine rings is 1. The number of aryl methyl sites for hydroxylation is 1. The highest BCUT2D eigenvalue weighted by Crippen LogP contribution is 2.29. The average Bonchev–Trinajstić information content (AvgIpc) is 2.75. The van der Waals surface area contributed by atoms with Crippen molar-refractivity contribution >= 4 is 11.6 Å². The fourth-order valence-electron chi connectivity index (χ4n) is 4.24. The second-order valence-electron chi connectivity index (χ2n) is 8.44. The Morgan fingerprint density at radius 3 is 2.34 bits per heavy atom. The summed E-state index contributed by atoms with van der Waals surface area (Å²) in [4.78, 5) is 16.6. The van der Waals surface area contributed by atoms with E-state index in [0.29, 0.717) is 5.92 Å². The normalized spacial score (nSPS) is 18.8. The molecule has 29 heavy (non-hydrogen) atoms. The summed E-state index contributed by atoms with van der Waals surface area (Å²) in [6, 6.07) is 11.1. The smallest absolute Gasteiger partial charge is 0.225 e. The Morgan fingerprint density at radius 2 is 1.69 bits per heavy atom. The summed E-state index contributed by atoms with van der Waals surface area (Å²) in [5.41, 5.74) is 4.93. The van der Waals surface area contributed by atoms with Crippen LogP contribution in [0.25, 0.3) is 0 Å². The second-order valence-corrected chi connectivity index (χ2v) is 8.44. The lowest BCUT2D eigenvalue weighted by Gasteiger charge is -2.32. The second kappa shape index (κ2) is 9.09. The first-order valence-electron chi connectivity index (χ1n) is 10.8. The van der Waals surface area contributed by atoms with Gasteiger partial charge in [0.25, 0.3) is 0 Å². The van der Waals surface area contributed by atoms with Gasteiger partial charge in [-0.15, -0.1) is 0 Å². The Kier molecular flexibility index (Phi) is 6.31. The highest BCUT2D eigenvalue weighted by molar-refractivity contribution is 5.46. The van der Waals surface area contributed by atoms with Crippen molar-refractivity contribution < 1.29 is 4.74 Å². The lowest BCUT2D eigenvalue weighted by Crippen LogP contribution is -2.38. The van der Waals surface area contributed by atoms with Gasteiger partial charge in [0.05, 0.1) is 13.2 Å². The van der Waals surface area contributed by atoms with Gasteiger partial charge in [-0.05, 0) is 56.6 Å². The molecular formula is C23H33N5O. The van der Waals surface area contributed by atoms with Crippen LogP contribution in [0.1, 0.15) is 35.7 Å². The molecule has 0 radical (unpaired) electrons. The van der Waals surface area contributed by atoms with E-state index in [4.69, 9.17) is 9.72 Å². The average molecular weight is 396 g/mol. The van der Waals surface area contributed by atoms with Gasteiger partial charge in [-0.1, -0.05) is 12.1 Å². The topological polar surface area (TPSA) is 44.7 Å². The van der Waals surface area contributed by atoms with Crippen LogP contribution in [-0.4, -0.2) is 68.4 Å². The molecule has 0 N–H and O–H groups in total. The fraction of sp³-hybridized carbons (Fsp3) is 0.565. The van der Waals surface area contributed by atoms with E-state index in [1.807, 2.05) is 0 Å². The molecule has 0 unspecified atom stereocenters. The molecule has 0 aliphatic carbocycles. The molecule has 2 fully saturated rings. The molecule has 4 rings (SSSR count). The standard InChI is InChI=1S/C23H33N5O/c1-18-16-22(25-23(24-18)28-12-14-29-15-13-28)20-8-10-27(11-9-20)17-19-4-6-21(7-5-19)26(2)3/h4-7,16,20H,8-15,17H2,1-3H3. The maximum Gasteiger partial charge on any atom is 0.225 e. The van der Waals surface area contributed by atoms with Gasteiger partial charge in [-0.2, -0.15) is 0 Å². The van der Waals surface area contributed by atoms with Crippen LogP contribution in [0.2, 0.25) is 0 Å². The van der Waals surface area contributed by atoms with Crippen LogP contribution >= 0.6 is 0 Å². The Balaban J connectivity index is 1.36. The SMILES string of the molecule is Cc1cc(C2CCN(Cc3ccc(N(C)C)cc3)CC2)nc(N2CCOCC2)n1. The predicted molar refractivity (Wildman–Crippen MR) is 118 cm³/mol. The number of benzene rings is 1. The van der Waals surface area contributed by atoms with E-state index in [1.54, 1.807) is 0 Å². The number of rotatable bonds is 5. The largest absolute Gasteiger partial charge is 0.378 e. The summed E-state index contributed by atoms with van der Waals surface area (Å²) in [5.74, 6) is 1.41. The lowest BCUT2D eigenvalue weighted by atomic mass is 9.92. The van der Waals surface area contributed by atoms with Gasteiger partial charge in [0, 0.05) is 56.7 Å². The number of ether oxygens (including phenoxy) is 1. The molecule has 0 saturated carbocycles. The molecule has 3 heterocycles. The number of aromatic nitrogens is 2. The van der Waals surface area contributed by atoms with Gasteiger partial charge in [-0.3, -0.25) is 4.90 Å².